The molecule has 0 saturated heterocycles. The van der Waals surface area contributed by atoms with Crippen molar-refractivity contribution in [3.8, 4) is 0 Å². The Balaban J connectivity index is 1.59. The van der Waals surface area contributed by atoms with E-state index in [1.807, 2.05) is 11.9 Å². The van der Waals surface area contributed by atoms with Crippen molar-refractivity contribution in [1.82, 2.24) is 24.7 Å². The van der Waals surface area contributed by atoms with Crippen molar-refractivity contribution in [3.63, 3.8) is 0 Å². The summed E-state index contributed by atoms with van der Waals surface area (Å²) >= 11 is 0. The molecule has 3 heterocycles. The van der Waals surface area contributed by atoms with Crippen LogP contribution in [0.3, 0.4) is 0 Å². The Morgan fingerprint density at radius 1 is 1.38 bits per heavy atom. The minimum Gasteiger partial charge on any atom is -0.317 e. The van der Waals surface area contributed by atoms with Gasteiger partial charge in [-0.25, -0.2) is 19.0 Å². The highest BCUT2D eigenvalue weighted by Crippen LogP contribution is 2.29. The molecular weight excluding hydrogens is 413 g/mol. The van der Waals surface area contributed by atoms with Crippen LogP contribution in [0.15, 0.2) is 18.2 Å². The van der Waals surface area contributed by atoms with E-state index in [1.54, 1.807) is 21.6 Å². The lowest BCUT2D eigenvalue weighted by Crippen LogP contribution is -2.46. The fraction of sp³-hybridized carbons (Fsp3) is 0.455. The summed E-state index contributed by atoms with van der Waals surface area (Å²) in [4.78, 5) is 31.1. The third-order valence-electron chi connectivity index (χ3n) is 6.03. The Morgan fingerprint density at radius 2 is 2.16 bits per heavy atom. The predicted octanol–water partition coefficient (Wildman–Crippen LogP) is 3.26. The smallest absolute Gasteiger partial charge is 0.317 e. The summed E-state index contributed by atoms with van der Waals surface area (Å²) in [6.45, 7) is 13.4. The van der Waals surface area contributed by atoms with E-state index in [4.69, 9.17) is 11.7 Å². The fourth-order valence-corrected chi connectivity index (χ4v) is 4.30. The number of carbonyl (C=O) groups excluding carboxylic acids is 2. The highest BCUT2D eigenvalue weighted by Gasteiger charge is 2.37. The molecule has 2 aliphatic heterocycles. The molecule has 0 bridgehead atoms. The second kappa shape index (κ2) is 8.59. The van der Waals surface area contributed by atoms with Gasteiger partial charge >= 0.3 is 6.03 Å². The Bertz CT molecular complexity index is 1110. The van der Waals surface area contributed by atoms with Crippen molar-refractivity contribution in [3.05, 3.63) is 52.4 Å². The first-order valence-corrected chi connectivity index (χ1v) is 10.7. The van der Waals surface area contributed by atoms with Crippen LogP contribution < -0.4 is 5.32 Å². The summed E-state index contributed by atoms with van der Waals surface area (Å²) in [7, 11) is 1.77. The highest BCUT2D eigenvalue weighted by atomic mass is 19.1. The van der Waals surface area contributed by atoms with Crippen molar-refractivity contribution in [2.75, 3.05) is 25.5 Å². The van der Waals surface area contributed by atoms with Crippen LogP contribution in [0, 0.1) is 12.4 Å². The van der Waals surface area contributed by atoms with Gasteiger partial charge in [-0.2, -0.15) is 5.10 Å². The molecule has 1 atom stereocenters. The van der Waals surface area contributed by atoms with Crippen LogP contribution in [0.2, 0.25) is 0 Å². The van der Waals surface area contributed by atoms with E-state index in [2.05, 4.69) is 17.1 Å². The van der Waals surface area contributed by atoms with Gasteiger partial charge in [0, 0.05) is 43.9 Å². The molecule has 3 amide bonds. The summed E-state index contributed by atoms with van der Waals surface area (Å²) in [5, 5.41) is 11.1. The van der Waals surface area contributed by atoms with Crippen molar-refractivity contribution in [2.24, 2.45) is 0 Å². The van der Waals surface area contributed by atoms with Gasteiger partial charge in [0.1, 0.15) is 11.5 Å². The standard InChI is InChI=1S/C22H26FN7O2/c1-5-8-28-9-10-30-20(21(31)27(28)4)16-13-29(14(2)11-18(16)26-30)22(32)25-15-6-7-17(23)19(12-15)24-3/h6-7,12,14H,5,8-11,13H2,1-2,4H3,(H,25,32). The number of nitrogens with zero attached hydrogens (tertiary/aromatic N) is 6. The van der Waals surface area contributed by atoms with Gasteiger partial charge in [-0.1, -0.05) is 6.92 Å². The number of benzene rings is 1. The first-order valence-electron chi connectivity index (χ1n) is 10.7. The lowest BCUT2D eigenvalue weighted by molar-refractivity contribution is 0.00824. The molecule has 32 heavy (non-hydrogen) atoms. The summed E-state index contributed by atoms with van der Waals surface area (Å²) in [5.74, 6) is -0.754. The second-order valence-electron chi connectivity index (χ2n) is 8.17. The number of aromatic nitrogens is 2. The molecule has 2 aliphatic rings. The molecule has 168 valence electrons. The van der Waals surface area contributed by atoms with E-state index in [0.717, 1.165) is 30.3 Å². The average molecular weight is 439 g/mol. The maximum Gasteiger partial charge on any atom is 0.322 e. The number of amides is 3. The van der Waals surface area contributed by atoms with E-state index >= 15 is 0 Å². The van der Waals surface area contributed by atoms with Crippen molar-refractivity contribution < 1.29 is 14.0 Å². The quantitative estimate of drug-likeness (QED) is 0.745. The Morgan fingerprint density at radius 3 is 2.88 bits per heavy atom. The van der Waals surface area contributed by atoms with Crippen LogP contribution in [0.5, 0.6) is 0 Å². The molecular formula is C22H26FN7O2. The van der Waals surface area contributed by atoms with Crippen molar-refractivity contribution in [2.45, 2.75) is 45.8 Å². The monoisotopic (exact) mass is 439 g/mol. The van der Waals surface area contributed by atoms with E-state index in [-0.39, 0.29) is 30.2 Å². The zero-order valence-corrected chi connectivity index (χ0v) is 18.4. The molecule has 1 unspecified atom stereocenters. The van der Waals surface area contributed by atoms with Crippen molar-refractivity contribution in [1.29, 1.82) is 0 Å². The Kier molecular flexibility index (Phi) is 5.84. The lowest BCUT2D eigenvalue weighted by atomic mass is 9.99. The predicted molar refractivity (Wildman–Crippen MR) is 117 cm³/mol. The molecule has 0 aliphatic carbocycles. The van der Waals surface area contributed by atoms with Gasteiger partial charge in [0.2, 0.25) is 5.69 Å². The molecule has 0 fully saturated rings. The number of halogens is 1. The zero-order valence-electron chi connectivity index (χ0n) is 18.4. The van der Waals surface area contributed by atoms with Gasteiger partial charge in [0.05, 0.1) is 25.4 Å². The van der Waals surface area contributed by atoms with Gasteiger partial charge in [-0.05, 0) is 31.5 Å². The number of hydrogen-bond donors (Lipinski definition) is 1. The van der Waals surface area contributed by atoms with Crippen LogP contribution in [0.25, 0.3) is 4.85 Å². The average Bonchev–Trinajstić information content (AvgIpc) is 3.07. The first-order chi connectivity index (χ1) is 15.3. The molecule has 2 aromatic rings. The van der Waals surface area contributed by atoms with E-state index in [0.29, 0.717) is 30.9 Å². The minimum atomic E-state index is -0.628. The summed E-state index contributed by atoms with van der Waals surface area (Å²) in [6, 6.07) is 3.40. The molecule has 4 rings (SSSR count). The van der Waals surface area contributed by atoms with Crippen LogP contribution >= 0.6 is 0 Å². The van der Waals surface area contributed by atoms with Crippen LogP contribution in [-0.2, 0) is 19.5 Å². The molecule has 0 saturated carbocycles. The number of hydrogen-bond acceptors (Lipinski definition) is 4. The molecule has 1 N–H and O–H groups in total. The minimum absolute atomic E-state index is 0.125. The molecule has 0 spiro atoms. The van der Waals surface area contributed by atoms with Crippen LogP contribution in [-0.4, -0.2) is 62.8 Å². The third-order valence-corrected chi connectivity index (χ3v) is 6.03. The number of rotatable bonds is 3. The Hall–Kier alpha value is -3.45. The summed E-state index contributed by atoms with van der Waals surface area (Å²) in [6.07, 6.45) is 1.47. The number of urea groups is 1. The van der Waals surface area contributed by atoms with Crippen LogP contribution in [0.4, 0.5) is 20.6 Å². The maximum absolute atomic E-state index is 13.6. The fourth-order valence-electron chi connectivity index (χ4n) is 4.30. The number of carbonyl (C=O) groups is 2. The lowest BCUT2D eigenvalue weighted by Gasteiger charge is -2.34. The molecule has 1 aromatic carbocycles. The van der Waals surface area contributed by atoms with E-state index < -0.39 is 5.82 Å². The summed E-state index contributed by atoms with van der Waals surface area (Å²) < 4.78 is 15.4. The number of fused-ring (bicyclic) bond motifs is 3. The SMILES string of the molecule is [C-]#[N+]c1cc(NC(=O)N2Cc3c(nn4c3C(=O)N(C)N(CCC)CC4)CC2C)ccc1F. The molecule has 1 aromatic heterocycles. The van der Waals surface area contributed by atoms with Crippen molar-refractivity contribution >= 4 is 23.3 Å². The molecule has 10 heteroatoms. The number of hydrazine groups is 1. The third kappa shape index (κ3) is 3.80. The number of anilines is 1. The highest BCUT2D eigenvalue weighted by molar-refractivity contribution is 5.95. The molecule has 9 nitrogen and oxygen atoms in total. The number of nitrogens with one attached hydrogen (secondary N) is 1. The zero-order chi connectivity index (χ0) is 23.0. The Labute approximate surface area is 186 Å². The first kappa shape index (κ1) is 21.8. The van der Waals surface area contributed by atoms with E-state index in [9.17, 15) is 14.0 Å². The second-order valence-corrected chi connectivity index (χ2v) is 8.17. The maximum atomic E-state index is 13.6. The summed E-state index contributed by atoms with van der Waals surface area (Å²) in [5.41, 5.74) is 2.35. The van der Waals surface area contributed by atoms with Gasteiger partial charge in [0.15, 0.2) is 0 Å². The van der Waals surface area contributed by atoms with Gasteiger partial charge in [0.25, 0.3) is 5.91 Å². The van der Waals surface area contributed by atoms with Crippen LogP contribution in [0.1, 0.15) is 42.0 Å². The molecule has 0 radical (unpaired) electrons. The normalized spacial score (nSPS) is 18.6. The van der Waals surface area contributed by atoms with Gasteiger partial charge in [-0.15, -0.1) is 0 Å². The van der Waals surface area contributed by atoms with Gasteiger partial charge in [-0.3, -0.25) is 14.5 Å². The van der Waals surface area contributed by atoms with Gasteiger partial charge < -0.3 is 10.2 Å². The van der Waals surface area contributed by atoms with E-state index in [1.165, 1.54) is 12.1 Å². The largest absolute Gasteiger partial charge is 0.322 e. The topological polar surface area (TPSA) is 78.1 Å².